The predicted octanol–water partition coefficient (Wildman–Crippen LogP) is 2.30. The van der Waals surface area contributed by atoms with Gasteiger partial charge in [-0.3, -0.25) is 9.59 Å². The van der Waals surface area contributed by atoms with Crippen LogP contribution in [0.25, 0.3) is 11.5 Å². The maximum Gasteiger partial charge on any atom is 0.261 e. The number of aromatic amines is 1. The van der Waals surface area contributed by atoms with Gasteiger partial charge in [-0.15, -0.1) is 12.4 Å². The summed E-state index contributed by atoms with van der Waals surface area (Å²) in [5, 5.41) is 2.88. The van der Waals surface area contributed by atoms with E-state index in [1.54, 1.807) is 18.2 Å². The first-order valence-corrected chi connectivity index (χ1v) is 7.35. The average Bonchev–Trinajstić information content (AvgIpc) is 3.07. The van der Waals surface area contributed by atoms with Gasteiger partial charge < -0.3 is 20.5 Å². The molecule has 0 aliphatic carbocycles. The van der Waals surface area contributed by atoms with Crippen molar-refractivity contribution in [2.45, 2.75) is 32.2 Å². The minimum atomic E-state index is -0.483. The Morgan fingerprint density at radius 3 is 2.48 bits per heavy atom. The minimum absolute atomic E-state index is 0. The fraction of sp³-hybridized carbons (Fsp3) is 0.375. The van der Waals surface area contributed by atoms with Gasteiger partial charge in [-0.1, -0.05) is 13.8 Å². The van der Waals surface area contributed by atoms with Crippen LogP contribution in [0.1, 0.15) is 37.0 Å². The van der Waals surface area contributed by atoms with Crippen molar-refractivity contribution in [1.29, 1.82) is 0 Å². The zero-order chi connectivity index (χ0) is 16.2. The highest BCUT2D eigenvalue weighted by molar-refractivity contribution is 5.94. The second-order valence-electron chi connectivity index (χ2n) is 5.24. The Morgan fingerprint density at radius 2 is 2.00 bits per heavy atom. The smallest absolute Gasteiger partial charge is 0.261 e. The molecule has 2 rings (SSSR count). The molecule has 6 nitrogen and oxygen atoms in total. The number of halogens is 1. The fourth-order valence-electron chi connectivity index (χ4n) is 2.30. The molecule has 0 aliphatic heterocycles. The van der Waals surface area contributed by atoms with E-state index >= 15 is 0 Å². The molecule has 2 aromatic rings. The van der Waals surface area contributed by atoms with Crippen molar-refractivity contribution in [1.82, 2.24) is 10.3 Å². The van der Waals surface area contributed by atoms with Gasteiger partial charge in [-0.05, 0) is 37.1 Å². The second kappa shape index (κ2) is 7.99. The Bertz CT molecular complexity index is 683. The van der Waals surface area contributed by atoms with Crippen LogP contribution in [0.5, 0.6) is 0 Å². The number of H-pyrrole nitrogens is 1. The van der Waals surface area contributed by atoms with Crippen molar-refractivity contribution < 1.29 is 9.21 Å². The van der Waals surface area contributed by atoms with Crippen LogP contribution in [-0.2, 0) is 0 Å². The standard InChI is InChI=1S/C16H21N3O3.ClH/c1-3-16(4-2,10-17)19-15(21)11-7-8-12(18-14(11)20)13-6-5-9-22-13;/h5-9H,3-4,10,17H2,1-2H3,(H,18,20)(H,19,21);1H. The van der Waals surface area contributed by atoms with Gasteiger partial charge in [-0.25, -0.2) is 0 Å². The van der Waals surface area contributed by atoms with Crippen LogP contribution in [0.15, 0.2) is 39.7 Å². The van der Waals surface area contributed by atoms with Gasteiger partial charge in [0.05, 0.1) is 17.5 Å². The zero-order valence-electron chi connectivity index (χ0n) is 13.2. The lowest BCUT2D eigenvalue weighted by atomic mass is 9.92. The Morgan fingerprint density at radius 1 is 1.30 bits per heavy atom. The van der Waals surface area contributed by atoms with Gasteiger partial charge in [-0.2, -0.15) is 0 Å². The molecular formula is C16H22ClN3O3. The predicted molar refractivity (Wildman–Crippen MR) is 91.8 cm³/mol. The van der Waals surface area contributed by atoms with E-state index in [9.17, 15) is 9.59 Å². The first-order chi connectivity index (χ1) is 10.5. The summed E-state index contributed by atoms with van der Waals surface area (Å²) < 4.78 is 5.22. The molecule has 0 spiro atoms. The Hall–Kier alpha value is -2.05. The van der Waals surface area contributed by atoms with E-state index in [0.29, 0.717) is 30.8 Å². The SMILES string of the molecule is CCC(CC)(CN)NC(=O)c1ccc(-c2ccco2)[nH]c1=O.Cl. The van der Waals surface area contributed by atoms with E-state index in [0.717, 1.165) is 0 Å². The zero-order valence-corrected chi connectivity index (χ0v) is 14.0. The number of hydrogen-bond acceptors (Lipinski definition) is 4. The topological polar surface area (TPSA) is 101 Å². The second-order valence-corrected chi connectivity index (χ2v) is 5.24. The van der Waals surface area contributed by atoms with Gasteiger partial charge in [0.25, 0.3) is 11.5 Å². The van der Waals surface area contributed by atoms with Crippen molar-refractivity contribution in [3.8, 4) is 11.5 Å². The van der Waals surface area contributed by atoms with Gasteiger partial charge in [0.1, 0.15) is 11.3 Å². The van der Waals surface area contributed by atoms with E-state index in [2.05, 4.69) is 10.3 Å². The number of pyridine rings is 1. The van der Waals surface area contributed by atoms with Crippen molar-refractivity contribution in [2.75, 3.05) is 6.54 Å². The third kappa shape index (κ3) is 4.03. The van der Waals surface area contributed by atoms with Crippen molar-refractivity contribution >= 4 is 18.3 Å². The number of carbonyl (C=O) groups is 1. The summed E-state index contributed by atoms with van der Waals surface area (Å²) in [5.74, 6) is 0.129. The van der Waals surface area contributed by atoms with E-state index in [1.165, 1.54) is 12.3 Å². The molecule has 0 unspecified atom stereocenters. The number of amides is 1. The number of nitrogens with one attached hydrogen (secondary N) is 2. The molecule has 0 radical (unpaired) electrons. The summed E-state index contributed by atoms with van der Waals surface area (Å²) in [4.78, 5) is 27.1. The van der Waals surface area contributed by atoms with Crippen molar-refractivity contribution in [3.05, 3.63) is 46.4 Å². The summed E-state index contributed by atoms with van der Waals surface area (Å²) in [6.45, 7) is 4.25. The Kier molecular flexibility index (Phi) is 6.60. The number of rotatable bonds is 6. The lowest BCUT2D eigenvalue weighted by Gasteiger charge is -2.31. The van der Waals surface area contributed by atoms with Crippen LogP contribution < -0.4 is 16.6 Å². The van der Waals surface area contributed by atoms with Crippen molar-refractivity contribution in [3.63, 3.8) is 0 Å². The fourth-order valence-corrected chi connectivity index (χ4v) is 2.30. The van der Waals surface area contributed by atoms with Gasteiger partial charge in [0.15, 0.2) is 0 Å². The van der Waals surface area contributed by atoms with Crippen LogP contribution >= 0.6 is 12.4 Å². The Labute approximate surface area is 140 Å². The van der Waals surface area contributed by atoms with Crippen LogP contribution in [0.3, 0.4) is 0 Å². The van der Waals surface area contributed by atoms with E-state index in [-0.39, 0.29) is 18.0 Å². The van der Waals surface area contributed by atoms with E-state index in [1.807, 2.05) is 13.8 Å². The minimum Gasteiger partial charge on any atom is -0.463 e. The van der Waals surface area contributed by atoms with E-state index in [4.69, 9.17) is 10.2 Å². The summed E-state index contributed by atoms with van der Waals surface area (Å²) in [6, 6.07) is 6.61. The molecule has 0 saturated carbocycles. The number of furan rings is 1. The molecule has 23 heavy (non-hydrogen) atoms. The first-order valence-electron chi connectivity index (χ1n) is 7.35. The first kappa shape index (κ1) is 19.0. The summed E-state index contributed by atoms with van der Waals surface area (Å²) in [5.41, 5.74) is 5.43. The Balaban J connectivity index is 0.00000264. The summed E-state index contributed by atoms with van der Waals surface area (Å²) in [6.07, 6.45) is 2.93. The normalized spacial score (nSPS) is 10.9. The molecule has 7 heteroatoms. The molecule has 0 aromatic carbocycles. The molecule has 2 aromatic heterocycles. The largest absolute Gasteiger partial charge is 0.463 e. The van der Waals surface area contributed by atoms with Gasteiger partial charge in [0.2, 0.25) is 0 Å². The number of carbonyl (C=O) groups excluding carboxylic acids is 1. The molecule has 2 heterocycles. The molecule has 0 atom stereocenters. The summed E-state index contributed by atoms with van der Waals surface area (Å²) >= 11 is 0. The third-order valence-corrected chi connectivity index (χ3v) is 4.06. The van der Waals surface area contributed by atoms with Gasteiger partial charge in [0, 0.05) is 6.54 Å². The monoisotopic (exact) mass is 339 g/mol. The molecule has 1 amide bonds. The average molecular weight is 340 g/mol. The number of hydrogen-bond donors (Lipinski definition) is 3. The lowest BCUT2D eigenvalue weighted by molar-refractivity contribution is 0.0893. The maximum atomic E-state index is 12.3. The quantitative estimate of drug-likeness (QED) is 0.751. The van der Waals surface area contributed by atoms with Crippen LogP contribution in [0.4, 0.5) is 0 Å². The summed E-state index contributed by atoms with van der Waals surface area (Å²) in [7, 11) is 0. The van der Waals surface area contributed by atoms with Crippen LogP contribution in [-0.4, -0.2) is 23.0 Å². The third-order valence-electron chi connectivity index (χ3n) is 4.06. The molecule has 0 fully saturated rings. The highest BCUT2D eigenvalue weighted by atomic mass is 35.5. The molecule has 4 N–H and O–H groups in total. The molecule has 0 bridgehead atoms. The highest BCUT2D eigenvalue weighted by Crippen LogP contribution is 2.17. The molecule has 126 valence electrons. The van der Waals surface area contributed by atoms with Crippen LogP contribution in [0, 0.1) is 0 Å². The van der Waals surface area contributed by atoms with Crippen molar-refractivity contribution in [2.24, 2.45) is 5.73 Å². The maximum absolute atomic E-state index is 12.3. The number of nitrogens with two attached hydrogens (primary N) is 1. The highest BCUT2D eigenvalue weighted by Gasteiger charge is 2.27. The van der Waals surface area contributed by atoms with Crippen LogP contribution in [0.2, 0.25) is 0 Å². The molecule has 0 aliphatic rings. The molecular weight excluding hydrogens is 318 g/mol. The van der Waals surface area contributed by atoms with E-state index < -0.39 is 17.0 Å². The number of aromatic nitrogens is 1. The van der Waals surface area contributed by atoms with Gasteiger partial charge >= 0.3 is 0 Å². The lowest BCUT2D eigenvalue weighted by Crippen LogP contribution is -2.53. The molecule has 0 saturated heterocycles.